The third-order valence-corrected chi connectivity index (χ3v) is 5.83. The Hall–Kier alpha value is -3.41. The molecule has 3 aromatic rings. The topological polar surface area (TPSA) is 68.2 Å². The van der Waals surface area contributed by atoms with Crippen LogP contribution in [0.15, 0.2) is 48.5 Å². The summed E-state index contributed by atoms with van der Waals surface area (Å²) in [4.78, 5) is 12.7. The number of benzene rings is 2. The van der Waals surface area contributed by atoms with Crippen LogP contribution in [0.2, 0.25) is 5.02 Å². The first kappa shape index (κ1) is 24.7. The van der Waals surface area contributed by atoms with Gasteiger partial charge in [0.1, 0.15) is 16.6 Å². The molecular weight excluding hydrogens is 502 g/mol. The number of carbonyl (C=O) groups is 1. The zero-order valence-electron chi connectivity index (χ0n) is 17.8. The number of nitrogens with one attached hydrogen (secondary N) is 2. The Kier molecular flexibility index (Phi) is 6.34. The van der Waals surface area contributed by atoms with Gasteiger partial charge in [-0.05, 0) is 35.9 Å². The van der Waals surface area contributed by atoms with Gasteiger partial charge in [0.15, 0.2) is 11.7 Å². The van der Waals surface area contributed by atoms with Crippen molar-refractivity contribution in [2.24, 2.45) is 0 Å². The molecule has 2 unspecified atom stereocenters. The number of anilines is 2. The van der Waals surface area contributed by atoms with Gasteiger partial charge in [0, 0.05) is 12.1 Å². The number of aromatic nitrogens is 2. The molecule has 2 aromatic carbocycles. The van der Waals surface area contributed by atoms with E-state index in [4.69, 9.17) is 16.3 Å². The molecule has 1 aromatic heterocycles. The van der Waals surface area contributed by atoms with Crippen LogP contribution in [0.25, 0.3) is 0 Å². The molecule has 0 spiro atoms. The minimum absolute atomic E-state index is 0.219. The summed E-state index contributed by atoms with van der Waals surface area (Å²) >= 11 is 6.25. The molecule has 0 aliphatic carbocycles. The summed E-state index contributed by atoms with van der Waals surface area (Å²) in [5.41, 5.74) is -1.26. The summed E-state index contributed by atoms with van der Waals surface area (Å²) in [5, 5.41) is 8.48. The van der Waals surface area contributed by atoms with Crippen molar-refractivity contribution < 1.29 is 35.9 Å². The highest BCUT2D eigenvalue weighted by Crippen LogP contribution is 2.46. The van der Waals surface area contributed by atoms with Crippen molar-refractivity contribution in [3.63, 3.8) is 0 Å². The first-order chi connectivity index (χ1) is 16.4. The zero-order chi connectivity index (χ0) is 25.5. The number of alkyl halides is 6. The van der Waals surface area contributed by atoms with Gasteiger partial charge in [-0.25, -0.2) is 4.68 Å². The number of hydrogen-bond donors (Lipinski definition) is 2. The number of amides is 1. The minimum atomic E-state index is -4.72. The molecule has 13 heteroatoms. The fraction of sp³-hybridized carbons (Fsp3) is 0.273. The molecule has 1 amide bonds. The van der Waals surface area contributed by atoms with Crippen LogP contribution in [0.1, 0.15) is 40.1 Å². The largest absolute Gasteiger partial charge is 0.497 e. The second-order valence-corrected chi connectivity index (χ2v) is 8.13. The van der Waals surface area contributed by atoms with Gasteiger partial charge in [-0.2, -0.15) is 31.4 Å². The second kappa shape index (κ2) is 8.99. The van der Waals surface area contributed by atoms with Crippen molar-refractivity contribution in [1.82, 2.24) is 9.78 Å². The van der Waals surface area contributed by atoms with Crippen LogP contribution in [-0.4, -0.2) is 29.0 Å². The first-order valence-corrected chi connectivity index (χ1v) is 10.5. The van der Waals surface area contributed by atoms with Gasteiger partial charge in [0.05, 0.1) is 18.7 Å². The fourth-order valence-corrected chi connectivity index (χ4v) is 4.02. The Bertz CT molecular complexity index is 1240. The molecule has 2 atom stereocenters. The van der Waals surface area contributed by atoms with E-state index in [1.807, 2.05) is 0 Å². The third-order valence-electron chi connectivity index (χ3n) is 5.48. The van der Waals surface area contributed by atoms with E-state index in [0.29, 0.717) is 22.1 Å². The van der Waals surface area contributed by atoms with Gasteiger partial charge in [-0.15, -0.1) is 0 Å². The average Bonchev–Trinajstić information content (AvgIpc) is 3.14. The molecule has 0 saturated heterocycles. The van der Waals surface area contributed by atoms with E-state index in [9.17, 15) is 31.1 Å². The van der Waals surface area contributed by atoms with E-state index in [-0.39, 0.29) is 16.5 Å². The Labute approximate surface area is 199 Å². The number of nitrogens with zero attached hydrogens (tertiary/aromatic N) is 2. The van der Waals surface area contributed by atoms with E-state index < -0.39 is 48.0 Å². The van der Waals surface area contributed by atoms with Crippen LogP contribution in [0.5, 0.6) is 5.75 Å². The van der Waals surface area contributed by atoms with Crippen LogP contribution in [0, 0.1) is 0 Å². The molecule has 2 heterocycles. The lowest BCUT2D eigenvalue weighted by molar-refractivity contribution is -0.173. The SMILES string of the molecule is COc1ccc(C2CC(C(F)(F)F)n3nc(C(=O)Nc4cccc(C(F)(F)F)c4)c(Cl)c3N2)cc1. The number of fused-ring (bicyclic) bond motifs is 1. The maximum absolute atomic E-state index is 13.9. The van der Waals surface area contributed by atoms with E-state index in [1.54, 1.807) is 24.3 Å². The lowest BCUT2D eigenvalue weighted by Gasteiger charge is -2.33. The summed E-state index contributed by atoms with van der Waals surface area (Å²) < 4.78 is 86.2. The highest BCUT2D eigenvalue weighted by Gasteiger charge is 2.48. The number of halogens is 7. The Morgan fingerprint density at radius 3 is 2.43 bits per heavy atom. The monoisotopic (exact) mass is 518 g/mol. The maximum atomic E-state index is 13.9. The van der Waals surface area contributed by atoms with E-state index in [0.717, 1.165) is 12.1 Å². The van der Waals surface area contributed by atoms with Crippen molar-refractivity contribution in [3.05, 3.63) is 70.4 Å². The van der Waals surface area contributed by atoms with Crippen LogP contribution >= 0.6 is 11.6 Å². The fourth-order valence-electron chi connectivity index (χ4n) is 3.75. The molecule has 4 rings (SSSR count). The van der Waals surface area contributed by atoms with Crippen molar-refractivity contribution in [3.8, 4) is 5.75 Å². The van der Waals surface area contributed by atoms with Crippen molar-refractivity contribution in [1.29, 1.82) is 0 Å². The standard InChI is InChI=1S/C22H17ClF6N4O2/c1-35-14-7-5-11(6-8-14)15-10-16(22(27,28)29)33-19(31-15)17(23)18(32-33)20(34)30-13-4-2-3-12(9-13)21(24,25)26/h2-9,15-16,31H,10H2,1H3,(H,30,34). The van der Waals surface area contributed by atoms with Crippen LogP contribution in [-0.2, 0) is 6.18 Å². The Balaban J connectivity index is 1.66. The molecule has 0 fully saturated rings. The number of ether oxygens (including phenoxy) is 1. The summed E-state index contributed by atoms with van der Waals surface area (Å²) in [7, 11) is 1.46. The second-order valence-electron chi connectivity index (χ2n) is 7.75. The molecular formula is C22H17ClF6N4O2. The van der Waals surface area contributed by atoms with Gasteiger partial charge in [-0.1, -0.05) is 29.8 Å². The molecule has 1 aliphatic heterocycles. The Morgan fingerprint density at radius 2 is 1.83 bits per heavy atom. The molecule has 6 nitrogen and oxygen atoms in total. The van der Waals surface area contributed by atoms with Gasteiger partial charge in [-0.3, -0.25) is 4.79 Å². The van der Waals surface area contributed by atoms with E-state index in [2.05, 4.69) is 15.7 Å². The highest BCUT2D eigenvalue weighted by molar-refractivity contribution is 6.36. The van der Waals surface area contributed by atoms with Gasteiger partial charge < -0.3 is 15.4 Å². The van der Waals surface area contributed by atoms with Crippen molar-refractivity contribution >= 4 is 29.0 Å². The van der Waals surface area contributed by atoms with Crippen molar-refractivity contribution in [2.75, 3.05) is 17.7 Å². The Morgan fingerprint density at radius 1 is 1.14 bits per heavy atom. The smallest absolute Gasteiger partial charge is 0.416 e. The summed E-state index contributed by atoms with van der Waals surface area (Å²) in [6, 6.07) is 7.28. The predicted molar refractivity (Wildman–Crippen MR) is 116 cm³/mol. The summed E-state index contributed by atoms with van der Waals surface area (Å²) in [6.07, 6.45) is -9.80. The molecule has 186 valence electrons. The number of rotatable bonds is 4. The maximum Gasteiger partial charge on any atom is 0.416 e. The normalized spacial score (nSPS) is 17.9. The van der Waals surface area contributed by atoms with Crippen LogP contribution in [0.3, 0.4) is 0 Å². The lowest BCUT2D eigenvalue weighted by atomic mass is 9.97. The number of methoxy groups -OCH3 is 1. The zero-order valence-corrected chi connectivity index (χ0v) is 18.6. The van der Waals surface area contributed by atoms with Crippen LogP contribution in [0.4, 0.5) is 37.8 Å². The molecule has 0 radical (unpaired) electrons. The first-order valence-electron chi connectivity index (χ1n) is 10.1. The minimum Gasteiger partial charge on any atom is -0.497 e. The quantitative estimate of drug-likeness (QED) is 0.388. The summed E-state index contributed by atoms with van der Waals surface area (Å²) in [6.45, 7) is 0. The van der Waals surface area contributed by atoms with Gasteiger partial charge in [0.2, 0.25) is 0 Å². The summed E-state index contributed by atoms with van der Waals surface area (Å²) in [5.74, 6) is -0.760. The number of hydrogen-bond acceptors (Lipinski definition) is 4. The third kappa shape index (κ3) is 5.02. The molecule has 35 heavy (non-hydrogen) atoms. The van der Waals surface area contributed by atoms with E-state index >= 15 is 0 Å². The van der Waals surface area contributed by atoms with Gasteiger partial charge >= 0.3 is 12.4 Å². The molecule has 0 saturated carbocycles. The number of carbonyl (C=O) groups excluding carboxylic acids is 1. The molecule has 2 N–H and O–H groups in total. The predicted octanol–water partition coefficient (Wildman–Crippen LogP) is 6.48. The van der Waals surface area contributed by atoms with E-state index in [1.165, 1.54) is 13.2 Å². The van der Waals surface area contributed by atoms with Gasteiger partial charge in [0.25, 0.3) is 5.91 Å². The molecule has 0 bridgehead atoms. The van der Waals surface area contributed by atoms with Crippen LogP contribution < -0.4 is 15.4 Å². The lowest BCUT2D eigenvalue weighted by Crippen LogP contribution is -2.35. The average molecular weight is 519 g/mol. The highest BCUT2D eigenvalue weighted by atomic mass is 35.5. The van der Waals surface area contributed by atoms with Crippen molar-refractivity contribution in [2.45, 2.75) is 30.9 Å². The molecule has 1 aliphatic rings.